The highest BCUT2D eigenvalue weighted by atomic mass is 32.1. The van der Waals surface area contributed by atoms with Crippen molar-refractivity contribution in [2.24, 2.45) is 0 Å². The molecule has 0 spiro atoms. The first-order valence-electron chi connectivity index (χ1n) is 6.44. The van der Waals surface area contributed by atoms with Gasteiger partial charge in [0.05, 0.1) is 12.0 Å². The van der Waals surface area contributed by atoms with Crippen LogP contribution in [0.4, 0.5) is 0 Å². The number of hydrogen-bond donors (Lipinski definition) is 2. The molecule has 0 saturated heterocycles. The zero-order valence-corrected chi connectivity index (χ0v) is 12.4. The highest BCUT2D eigenvalue weighted by molar-refractivity contribution is 7.12. The number of amides is 2. The van der Waals surface area contributed by atoms with Crippen LogP contribution in [-0.4, -0.2) is 32.0 Å². The summed E-state index contributed by atoms with van der Waals surface area (Å²) in [5.74, 6) is 0.404. The van der Waals surface area contributed by atoms with Gasteiger partial charge < -0.3 is 15.4 Å². The quantitative estimate of drug-likeness (QED) is 0.801. The van der Waals surface area contributed by atoms with Crippen LogP contribution in [0.5, 0.6) is 5.75 Å². The van der Waals surface area contributed by atoms with Crippen LogP contribution < -0.4 is 15.4 Å². The summed E-state index contributed by atoms with van der Waals surface area (Å²) < 4.78 is 5.03. The van der Waals surface area contributed by atoms with Gasteiger partial charge >= 0.3 is 0 Å². The number of methoxy groups -OCH3 is 1. The number of rotatable bonds is 6. The van der Waals surface area contributed by atoms with Gasteiger partial charge in [0.15, 0.2) is 0 Å². The molecule has 1 heterocycles. The molecule has 0 fully saturated rings. The third kappa shape index (κ3) is 4.32. The maximum absolute atomic E-state index is 11.9. The summed E-state index contributed by atoms with van der Waals surface area (Å²) in [6, 6.07) is 10.4. The minimum Gasteiger partial charge on any atom is -0.497 e. The van der Waals surface area contributed by atoms with Gasteiger partial charge in [-0.1, -0.05) is 6.07 Å². The van der Waals surface area contributed by atoms with E-state index in [-0.39, 0.29) is 11.8 Å². The molecule has 0 aliphatic carbocycles. The van der Waals surface area contributed by atoms with Gasteiger partial charge in [-0.2, -0.15) is 0 Å². The molecule has 2 rings (SSSR count). The molecule has 2 N–H and O–H groups in total. The van der Waals surface area contributed by atoms with E-state index in [9.17, 15) is 9.59 Å². The predicted octanol–water partition coefficient (Wildman–Crippen LogP) is 1.92. The Bertz CT molecular complexity index is 594. The Morgan fingerprint density at radius 2 is 1.71 bits per heavy atom. The van der Waals surface area contributed by atoms with Gasteiger partial charge in [-0.3, -0.25) is 9.59 Å². The van der Waals surface area contributed by atoms with Gasteiger partial charge in [0.2, 0.25) is 0 Å². The lowest BCUT2D eigenvalue weighted by molar-refractivity contribution is 0.0929. The van der Waals surface area contributed by atoms with Crippen LogP contribution in [0, 0.1) is 0 Å². The Labute approximate surface area is 126 Å². The Balaban J connectivity index is 1.72. The lowest BCUT2D eigenvalue weighted by Gasteiger charge is -2.07. The average molecular weight is 304 g/mol. The third-order valence-electron chi connectivity index (χ3n) is 2.79. The molecule has 6 heteroatoms. The van der Waals surface area contributed by atoms with Crippen molar-refractivity contribution in [3.8, 4) is 5.75 Å². The summed E-state index contributed by atoms with van der Waals surface area (Å²) in [6.45, 7) is 0.764. The second-order valence-corrected chi connectivity index (χ2v) is 5.17. The van der Waals surface area contributed by atoms with E-state index in [1.54, 1.807) is 37.4 Å². The summed E-state index contributed by atoms with van der Waals surface area (Å²) in [7, 11) is 1.57. The van der Waals surface area contributed by atoms with E-state index < -0.39 is 0 Å². The molecular formula is C15H16N2O3S. The zero-order chi connectivity index (χ0) is 15.1. The molecule has 0 aliphatic rings. The van der Waals surface area contributed by atoms with Crippen molar-refractivity contribution in [3.63, 3.8) is 0 Å². The topological polar surface area (TPSA) is 67.4 Å². The van der Waals surface area contributed by atoms with Gasteiger partial charge in [0.1, 0.15) is 5.75 Å². The lowest BCUT2D eigenvalue weighted by atomic mass is 10.2. The number of thiophene rings is 1. The summed E-state index contributed by atoms with van der Waals surface area (Å²) in [6.07, 6.45) is 0. The van der Waals surface area contributed by atoms with Crippen LogP contribution in [0.1, 0.15) is 20.0 Å². The molecule has 0 bridgehead atoms. The standard InChI is InChI=1S/C15H16N2O3S/c1-20-12-6-4-11(5-7-12)14(18)16-8-9-17-15(19)13-3-2-10-21-13/h2-7,10H,8-9H2,1H3,(H,16,18)(H,17,19). The van der Waals surface area contributed by atoms with E-state index in [1.165, 1.54) is 11.3 Å². The number of carbonyl (C=O) groups is 2. The molecule has 1 aromatic carbocycles. The van der Waals surface area contributed by atoms with E-state index >= 15 is 0 Å². The largest absolute Gasteiger partial charge is 0.497 e. The lowest BCUT2D eigenvalue weighted by Crippen LogP contribution is -2.34. The summed E-state index contributed by atoms with van der Waals surface area (Å²) in [5.41, 5.74) is 0.556. The van der Waals surface area contributed by atoms with E-state index in [1.807, 2.05) is 11.4 Å². The average Bonchev–Trinajstić information content (AvgIpc) is 3.05. The SMILES string of the molecule is COc1ccc(C(=O)NCCNC(=O)c2cccs2)cc1. The first-order chi connectivity index (χ1) is 10.2. The highest BCUT2D eigenvalue weighted by Crippen LogP contribution is 2.11. The molecule has 2 amide bonds. The maximum Gasteiger partial charge on any atom is 0.261 e. The number of nitrogens with one attached hydrogen (secondary N) is 2. The Morgan fingerprint density at radius 3 is 2.29 bits per heavy atom. The minimum atomic E-state index is -0.178. The molecule has 0 saturated carbocycles. The summed E-state index contributed by atoms with van der Waals surface area (Å²) >= 11 is 1.38. The first-order valence-corrected chi connectivity index (χ1v) is 7.32. The number of ether oxygens (including phenoxy) is 1. The van der Waals surface area contributed by atoms with Crippen LogP contribution in [-0.2, 0) is 0 Å². The Hall–Kier alpha value is -2.34. The van der Waals surface area contributed by atoms with Crippen LogP contribution >= 0.6 is 11.3 Å². The molecule has 2 aromatic rings. The fraction of sp³-hybridized carbons (Fsp3) is 0.200. The molecule has 5 nitrogen and oxygen atoms in total. The fourth-order valence-corrected chi connectivity index (χ4v) is 2.33. The monoisotopic (exact) mass is 304 g/mol. The smallest absolute Gasteiger partial charge is 0.261 e. The Morgan fingerprint density at radius 1 is 1.05 bits per heavy atom. The maximum atomic E-state index is 11.9. The van der Waals surface area contributed by atoms with Gasteiger partial charge in [-0.05, 0) is 35.7 Å². The van der Waals surface area contributed by atoms with Crippen molar-refractivity contribution < 1.29 is 14.3 Å². The van der Waals surface area contributed by atoms with Crippen molar-refractivity contribution in [1.82, 2.24) is 10.6 Å². The molecule has 0 unspecified atom stereocenters. The van der Waals surface area contributed by atoms with Gasteiger partial charge in [0, 0.05) is 18.7 Å². The molecule has 0 radical (unpaired) electrons. The second-order valence-electron chi connectivity index (χ2n) is 4.22. The number of hydrogen-bond acceptors (Lipinski definition) is 4. The Kier molecular flexibility index (Phi) is 5.34. The number of carbonyl (C=O) groups excluding carboxylic acids is 2. The third-order valence-corrected chi connectivity index (χ3v) is 3.66. The van der Waals surface area contributed by atoms with Crippen molar-refractivity contribution in [3.05, 3.63) is 52.2 Å². The normalized spacial score (nSPS) is 9.95. The van der Waals surface area contributed by atoms with E-state index in [0.29, 0.717) is 29.3 Å². The molecule has 0 aliphatic heterocycles. The van der Waals surface area contributed by atoms with E-state index in [2.05, 4.69) is 10.6 Å². The van der Waals surface area contributed by atoms with Gasteiger partial charge in [-0.25, -0.2) is 0 Å². The molecule has 1 aromatic heterocycles. The van der Waals surface area contributed by atoms with Crippen LogP contribution in [0.3, 0.4) is 0 Å². The zero-order valence-electron chi connectivity index (χ0n) is 11.6. The van der Waals surface area contributed by atoms with E-state index in [4.69, 9.17) is 4.74 Å². The van der Waals surface area contributed by atoms with Crippen LogP contribution in [0.15, 0.2) is 41.8 Å². The molecule has 0 atom stereocenters. The molecule has 110 valence electrons. The van der Waals surface area contributed by atoms with Crippen molar-refractivity contribution >= 4 is 23.2 Å². The molecule has 21 heavy (non-hydrogen) atoms. The van der Waals surface area contributed by atoms with E-state index in [0.717, 1.165) is 0 Å². The highest BCUT2D eigenvalue weighted by Gasteiger charge is 2.07. The van der Waals surface area contributed by atoms with Crippen LogP contribution in [0.25, 0.3) is 0 Å². The first kappa shape index (κ1) is 15.1. The summed E-state index contributed by atoms with van der Waals surface area (Å²) in [5, 5.41) is 7.34. The fourth-order valence-electron chi connectivity index (χ4n) is 1.69. The van der Waals surface area contributed by atoms with Crippen LogP contribution in [0.2, 0.25) is 0 Å². The molecular weight excluding hydrogens is 288 g/mol. The van der Waals surface area contributed by atoms with Crippen molar-refractivity contribution in [2.75, 3.05) is 20.2 Å². The second kappa shape index (κ2) is 7.44. The number of benzene rings is 1. The minimum absolute atomic E-state index is 0.122. The predicted molar refractivity (Wildman–Crippen MR) is 82.0 cm³/mol. The van der Waals surface area contributed by atoms with Crippen molar-refractivity contribution in [1.29, 1.82) is 0 Å². The van der Waals surface area contributed by atoms with Crippen molar-refractivity contribution in [2.45, 2.75) is 0 Å². The summed E-state index contributed by atoms with van der Waals surface area (Å²) in [4.78, 5) is 24.2. The van der Waals surface area contributed by atoms with Gasteiger partial charge in [-0.15, -0.1) is 11.3 Å². The van der Waals surface area contributed by atoms with Gasteiger partial charge in [0.25, 0.3) is 11.8 Å².